The maximum Gasteiger partial charge on any atom is 0.248 e. The summed E-state index contributed by atoms with van der Waals surface area (Å²) in [4.78, 5) is 15.5. The monoisotopic (exact) mass is 421 g/mol. The van der Waals surface area contributed by atoms with E-state index in [9.17, 15) is 4.79 Å². The number of piperidine rings is 1. The molecule has 2 fully saturated rings. The molecule has 2 aliphatic heterocycles. The van der Waals surface area contributed by atoms with Crippen LogP contribution in [0, 0.1) is 5.92 Å². The SMILES string of the molecule is CC(C)CN1CCOC(CNC(=O)C2(n3cccn3)CCNCC2)C1.Cl.Cl. The smallest absolute Gasteiger partial charge is 0.248 e. The molecule has 2 saturated heterocycles. The molecule has 9 heteroatoms. The minimum Gasteiger partial charge on any atom is -0.374 e. The predicted molar refractivity (Wildman–Crippen MR) is 111 cm³/mol. The molecule has 1 aromatic heterocycles. The molecule has 27 heavy (non-hydrogen) atoms. The summed E-state index contributed by atoms with van der Waals surface area (Å²) in [6.07, 6.45) is 5.21. The Bertz CT molecular complexity index is 550. The molecule has 0 radical (unpaired) electrons. The zero-order valence-corrected chi connectivity index (χ0v) is 17.9. The van der Waals surface area contributed by atoms with E-state index in [1.54, 1.807) is 6.20 Å². The van der Waals surface area contributed by atoms with Crippen LogP contribution in [0.25, 0.3) is 0 Å². The first-order valence-electron chi connectivity index (χ1n) is 9.43. The molecule has 1 unspecified atom stereocenters. The van der Waals surface area contributed by atoms with E-state index in [-0.39, 0.29) is 36.8 Å². The van der Waals surface area contributed by atoms with Crippen molar-refractivity contribution in [1.29, 1.82) is 0 Å². The average Bonchev–Trinajstić information content (AvgIpc) is 3.15. The van der Waals surface area contributed by atoms with Gasteiger partial charge in [-0.2, -0.15) is 5.10 Å². The van der Waals surface area contributed by atoms with Gasteiger partial charge in [-0.05, 0) is 37.9 Å². The number of halogens is 2. The Morgan fingerprint density at radius 1 is 1.37 bits per heavy atom. The molecule has 0 bridgehead atoms. The minimum atomic E-state index is -0.582. The lowest BCUT2D eigenvalue weighted by molar-refractivity contribution is -0.133. The molecule has 2 aliphatic rings. The molecule has 1 aromatic rings. The summed E-state index contributed by atoms with van der Waals surface area (Å²) in [6, 6.07) is 1.88. The van der Waals surface area contributed by atoms with Gasteiger partial charge in [0, 0.05) is 38.6 Å². The number of carbonyl (C=O) groups is 1. The third-order valence-electron chi connectivity index (χ3n) is 5.13. The van der Waals surface area contributed by atoms with Crippen molar-refractivity contribution in [2.45, 2.75) is 38.3 Å². The van der Waals surface area contributed by atoms with Gasteiger partial charge in [-0.1, -0.05) is 13.8 Å². The van der Waals surface area contributed by atoms with E-state index in [0.717, 1.165) is 52.2 Å². The second-order valence-corrected chi connectivity index (χ2v) is 7.59. The standard InChI is InChI=1S/C18H31N5O2.2ClH/c1-15(2)13-22-10-11-25-16(14-22)12-20-17(24)18(4-7-19-8-5-18)23-9-3-6-21-23;;/h3,6,9,15-16,19H,4-5,7-8,10-14H2,1-2H3,(H,20,24);2*1H. The summed E-state index contributed by atoms with van der Waals surface area (Å²) in [5.74, 6) is 0.702. The first-order valence-corrected chi connectivity index (χ1v) is 9.43. The molecule has 1 atom stereocenters. The molecule has 1 amide bonds. The van der Waals surface area contributed by atoms with Gasteiger partial charge in [0.15, 0.2) is 0 Å². The Morgan fingerprint density at radius 2 is 2.11 bits per heavy atom. The summed E-state index contributed by atoms with van der Waals surface area (Å²) in [6.45, 7) is 10.4. The maximum atomic E-state index is 13.1. The quantitative estimate of drug-likeness (QED) is 0.723. The van der Waals surface area contributed by atoms with E-state index in [1.807, 2.05) is 16.9 Å². The van der Waals surface area contributed by atoms with E-state index < -0.39 is 5.54 Å². The van der Waals surface area contributed by atoms with Crippen molar-refractivity contribution in [3.05, 3.63) is 18.5 Å². The van der Waals surface area contributed by atoms with Crippen LogP contribution >= 0.6 is 24.8 Å². The van der Waals surface area contributed by atoms with Crippen molar-refractivity contribution in [3.63, 3.8) is 0 Å². The highest BCUT2D eigenvalue weighted by atomic mass is 35.5. The van der Waals surface area contributed by atoms with Crippen molar-refractivity contribution in [3.8, 4) is 0 Å². The highest BCUT2D eigenvalue weighted by Gasteiger charge is 2.42. The molecule has 3 heterocycles. The van der Waals surface area contributed by atoms with Crippen LogP contribution < -0.4 is 10.6 Å². The predicted octanol–water partition coefficient (Wildman–Crippen LogP) is 1.28. The van der Waals surface area contributed by atoms with Crippen LogP contribution in [0.3, 0.4) is 0 Å². The molecular formula is C18H33Cl2N5O2. The fourth-order valence-electron chi connectivity index (χ4n) is 3.88. The zero-order valence-electron chi connectivity index (χ0n) is 16.2. The van der Waals surface area contributed by atoms with Crippen LogP contribution in [0.2, 0.25) is 0 Å². The number of aromatic nitrogens is 2. The summed E-state index contributed by atoms with van der Waals surface area (Å²) < 4.78 is 7.69. The van der Waals surface area contributed by atoms with Crippen molar-refractivity contribution in [1.82, 2.24) is 25.3 Å². The maximum absolute atomic E-state index is 13.1. The van der Waals surface area contributed by atoms with E-state index in [0.29, 0.717) is 12.5 Å². The molecule has 0 aliphatic carbocycles. The fraction of sp³-hybridized carbons (Fsp3) is 0.778. The molecule has 2 N–H and O–H groups in total. The Morgan fingerprint density at radius 3 is 2.74 bits per heavy atom. The molecule has 0 spiro atoms. The number of ether oxygens (including phenoxy) is 1. The molecule has 0 saturated carbocycles. The molecule has 3 rings (SSSR count). The van der Waals surface area contributed by atoms with Crippen LogP contribution in [0.15, 0.2) is 18.5 Å². The lowest BCUT2D eigenvalue weighted by atomic mass is 9.87. The minimum absolute atomic E-state index is 0. The Labute approximate surface area is 174 Å². The number of amides is 1. The second-order valence-electron chi connectivity index (χ2n) is 7.59. The van der Waals surface area contributed by atoms with Crippen molar-refractivity contribution >= 4 is 30.7 Å². The van der Waals surface area contributed by atoms with E-state index in [2.05, 4.69) is 34.5 Å². The van der Waals surface area contributed by atoms with Gasteiger partial charge in [-0.25, -0.2) is 0 Å². The number of rotatable bonds is 6. The first-order chi connectivity index (χ1) is 12.1. The summed E-state index contributed by atoms with van der Waals surface area (Å²) in [7, 11) is 0. The van der Waals surface area contributed by atoms with Gasteiger partial charge in [-0.15, -0.1) is 24.8 Å². The number of carbonyl (C=O) groups excluding carboxylic acids is 1. The third kappa shape index (κ3) is 6.06. The largest absolute Gasteiger partial charge is 0.374 e. The van der Waals surface area contributed by atoms with Crippen LogP contribution in [0.4, 0.5) is 0 Å². The number of nitrogens with zero attached hydrogens (tertiary/aromatic N) is 3. The summed E-state index contributed by atoms with van der Waals surface area (Å²) in [5.41, 5.74) is -0.582. The Kier molecular flexibility index (Phi) is 10.0. The van der Waals surface area contributed by atoms with Crippen molar-refractivity contribution in [2.24, 2.45) is 5.92 Å². The van der Waals surface area contributed by atoms with Crippen LogP contribution in [-0.4, -0.2) is 72.6 Å². The molecular weight excluding hydrogens is 389 g/mol. The highest BCUT2D eigenvalue weighted by Crippen LogP contribution is 2.27. The average molecular weight is 422 g/mol. The molecule has 156 valence electrons. The van der Waals surface area contributed by atoms with Crippen molar-refractivity contribution in [2.75, 3.05) is 45.9 Å². The third-order valence-corrected chi connectivity index (χ3v) is 5.13. The topological polar surface area (TPSA) is 71.4 Å². The molecule has 7 nitrogen and oxygen atoms in total. The van der Waals surface area contributed by atoms with Crippen LogP contribution in [-0.2, 0) is 15.1 Å². The Hall–Kier alpha value is -0.860. The van der Waals surface area contributed by atoms with Crippen LogP contribution in [0.5, 0.6) is 0 Å². The number of morpholine rings is 1. The van der Waals surface area contributed by atoms with E-state index in [1.165, 1.54) is 0 Å². The van der Waals surface area contributed by atoms with Gasteiger partial charge in [0.1, 0.15) is 5.54 Å². The van der Waals surface area contributed by atoms with Gasteiger partial charge in [0.05, 0.1) is 12.7 Å². The van der Waals surface area contributed by atoms with Gasteiger partial charge >= 0.3 is 0 Å². The van der Waals surface area contributed by atoms with Gasteiger partial charge in [-0.3, -0.25) is 14.4 Å². The lowest BCUT2D eigenvalue weighted by Crippen LogP contribution is -2.56. The fourth-order valence-corrected chi connectivity index (χ4v) is 3.88. The number of nitrogens with one attached hydrogen (secondary N) is 2. The van der Waals surface area contributed by atoms with E-state index in [4.69, 9.17) is 4.74 Å². The zero-order chi connectivity index (χ0) is 17.7. The lowest BCUT2D eigenvalue weighted by Gasteiger charge is -2.38. The second kappa shape index (κ2) is 11.2. The highest BCUT2D eigenvalue weighted by molar-refractivity contribution is 5.85. The summed E-state index contributed by atoms with van der Waals surface area (Å²) in [5, 5.41) is 10.8. The van der Waals surface area contributed by atoms with Crippen LogP contribution in [0.1, 0.15) is 26.7 Å². The normalized spacial score (nSPS) is 22.6. The van der Waals surface area contributed by atoms with Gasteiger partial charge in [0.25, 0.3) is 0 Å². The van der Waals surface area contributed by atoms with Gasteiger partial charge < -0.3 is 15.4 Å². The number of hydrogen-bond acceptors (Lipinski definition) is 5. The van der Waals surface area contributed by atoms with E-state index >= 15 is 0 Å². The first kappa shape index (κ1) is 24.2. The summed E-state index contributed by atoms with van der Waals surface area (Å²) >= 11 is 0. The Balaban J connectivity index is 0.00000182. The molecule has 0 aromatic carbocycles. The van der Waals surface area contributed by atoms with Gasteiger partial charge in [0.2, 0.25) is 5.91 Å². The number of hydrogen-bond donors (Lipinski definition) is 2. The van der Waals surface area contributed by atoms with Crippen molar-refractivity contribution < 1.29 is 9.53 Å².